The highest BCUT2D eigenvalue weighted by atomic mass is 32.1. The third-order valence-electron chi connectivity index (χ3n) is 5.89. The maximum Gasteiger partial charge on any atom is 0.220 e. The maximum atomic E-state index is 11.7. The van der Waals surface area contributed by atoms with E-state index < -0.39 is 0 Å². The zero-order chi connectivity index (χ0) is 21.8. The molecule has 0 radical (unpaired) electrons. The van der Waals surface area contributed by atoms with Crippen LogP contribution in [-0.4, -0.2) is 53.4 Å². The third-order valence-corrected chi connectivity index (χ3v) is 6.75. The lowest BCUT2D eigenvalue weighted by Gasteiger charge is -2.33. The van der Waals surface area contributed by atoms with Crippen molar-refractivity contribution in [2.45, 2.75) is 25.4 Å². The minimum absolute atomic E-state index is 0.0794. The molecule has 1 atom stereocenters. The molecule has 0 spiro atoms. The van der Waals surface area contributed by atoms with Crippen molar-refractivity contribution in [3.05, 3.63) is 52.0 Å². The lowest BCUT2D eigenvalue weighted by atomic mass is 9.93. The van der Waals surface area contributed by atoms with Crippen LogP contribution in [0.15, 0.2) is 35.7 Å². The molecule has 3 heterocycles. The third kappa shape index (κ3) is 4.54. The number of thiophene rings is 1. The summed E-state index contributed by atoms with van der Waals surface area (Å²) in [6, 6.07) is 9.77. The number of tetrazole rings is 1. The van der Waals surface area contributed by atoms with Crippen LogP contribution in [0.3, 0.4) is 0 Å². The number of carbonyl (C=O) groups excluding carboxylic acids is 1. The van der Waals surface area contributed by atoms with E-state index >= 15 is 0 Å². The summed E-state index contributed by atoms with van der Waals surface area (Å²) < 4.78 is 13.0. The Morgan fingerprint density at radius 2 is 2.10 bits per heavy atom. The van der Waals surface area contributed by atoms with Gasteiger partial charge in [-0.25, -0.2) is 4.68 Å². The van der Waals surface area contributed by atoms with Crippen LogP contribution < -0.4 is 20.1 Å². The van der Waals surface area contributed by atoms with E-state index in [1.165, 1.54) is 9.78 Å². The summed E-state index contributed by atoms with van der Waals surface area (Å²) in [5, 5.41) is 14.7. The number of piperidine rings is 1. The number of ether oxygens (including phenoxy) is 2. The monoisotopic (exact) mass is 443 g/mol. The predicted octanol–water partition coefficient (Wildman–Crippen LogP) is 0.670. The van der Waals surface area contributed by atoms with Gasteiger partial charge in [0.05, 0.1) is 39.4 Å². The number of amides is 1. The summed E-state index contributed by atoms with van der Waals surface area (Å²) in [7, 11) is 3.28. The van der Waals surface area contributed by atoms with Gasteiger partial charge in [-0.15, -0.1) is 16.4 Å². The molecule has 1 aliphatic heterocycles. The first kappa shape index (κ1) is 21.3. The Labute approximate surface area is 184 Å². The number of quaternary nitrogens is 1. The van der Waals surface area contributed by atoms with Gasteiger partial charge in [-0.1, -0.05) is 6.07 Å². The number of carbonyl (C=O) groups is 1. The Balaban J connectivity index is 1.73. The summed E-state index contributed by atoms with van der Waals surface area (Å²) in [5.41, 5.74) is 6.54. The van der Waals surface area contributed by atoms with E-state index in [1.807, 2.05) is 34.3 Å². The molecule has 4 rings (SSSR count). The normalized spacial score (nSPS) is 19.7. The number of aromatic nitrogens is 4. The number of rotatable bonds is 8. The first-order valence-corrected chi connectivity index (χ1v) is 11.1. The summed E-state index contributed by atoms with van der Waals surface area (Å²) in [6.07, 6.45) is 1.48. The number of nitrogens with zero attached hydrogens (tertiary/aromatic N) is 4. The lowest BCUT2D eigenvalue weighted by Crippen LogP contribution is -3.13. The molecule has 0 bridgehead atoms. The average Bonchev–Trinajstić information content (AvgIpc) is 3.47. The highest BCUT2D eigenvalue weighted by molar-refractivity contribution is 7.09. The van der Waals surface area contributed by atoms with Crippen LogP contribution in [0.1, 0.15) is 35.1 Å². The molecule has 3 N–H and O–H groups in total. The van der Waals surface area contributed by atoms with Crippen LogP contribution in [0.2, 0.25) is 0 Å². The van der Waals surface area contributed by atoms with Crippen LogP contribution in [0.4, 0.5) is 0 Å². The number of primary amides is 1. The van der Waals surface area contributed by atoms with Crippen LogP contribution in [-0.2, 0) is 11.3 Å². The summed E-state index contributed by atoms with van der Waals surface area (Å²) in [6.45, 7) is 2.19. The highest BCUT2D eigenvalue weighted by Crippen LogP contribution is 2.31. The van der Waals surface area contributed by atoms with Crippen molar-refractivity contribution in [1.82, 2.24) is 20.2 Å². The van der Waals surface area contributed by atoms with E-state index in [9.17, 15) is 4.79 Å². The number of hydrogen-bond donors (Lipinski definition) is 2. The van der Waals surface area contributed by atoms with E-state index in [0.717, 1.165) is 48.8 Å². The van der Waals surface area contributed by atoms with Gasteiger partial charge in [-0.2, -0.15) is 0 Å². The van der Waals surface area contributed by atoms with Crippen molar-refractivity contribution in [1.29, 1.82) is 0 Å². The number of nitrogens with one attached hydrogen (secondary N) is 1. The summed E-state index contributed by atoms with van der Waals surface area (Å²) in [4.78, 5) is 14.1. The van der Waals surface area contributed by atoms with Crippen molar-refractivity contribution < 1.29 is 19.2 Å². The molecule has 1 aromatic carbocycles. The second-order valence-corrected chi connectivity index (χ2v) is 8.68. The van der Waals surface area contributed by atoms with Gasteiger partial charge in [0.25, 0.3) is 0 Å². The van der Waals surface area contributed by atoms with E-state index in [1.54, 1.807) is 25.6 Å². The number of nitrogens with two attached hydrogens (primary N) is 1. The van der Waals surface area contributed by atoms with Crippen LogP contribution in [0.5, 0.6) is 11.5 Å². The lowest BCUT2D eigenvalue weighted by molar-refractivity contribution is -0.931. The van der Waals surface area contributed by atoms with Gasteiger partial charge >= 0.3 is 0 Å². The Hall–Kier alpha value is -2.98. The van der Waals surface area contributed by atoms with Gasteiger partial charge in [0, 0.05) is 29.7 Å². The van der Waals surface area contributed by atoms with Gasteiger partial charge < -0.3 is 20.1 Å². The van der Waals surface area contributed by atoms with E-state index in [-0.39, 0.29) is 17.9 Å². The molecule has 1 aliphatic rings. The molecule has 31 heavy (non-hydrogen) atoms. The highest BCUT2D eigenvalue weighted by Gasteiger charge is 2.37. The largest absolute Gasteiger partial charge is 0.497 e. The molecule has 164 valence electrons. The molecule has 2 aromatic heterocycles. The zero-order valence-electron chi connectivity index (χ0n) is 17.7. The second kappa shape index (κ2) is 9.44. The molecule has 10 heteroatoms. The molecule has 9 nitrogen and oxygen atoms in total. The summed E-state index contributed by atoms with van der Waals surface area (Å²) in [5.74, 6) is 1.91. The Morgan fingerprint density at radius 3 is 2.74 bits per heavy atom. The number of hydrogen-bond acceptors (Lipinski definition) is 7. The number of benzene rings is 1. The van der Waals surface area contributed by atoms with E-state index in [4.69, 9.17) is 15.2 Å². The first-order chi connectivity index (χ1) is 15.1. The fourth-order valence-electron chi connectivity index (χ4n) is 4.24. The number of methoxy groups -OCH3 is 2. The minimum Gasteiger partial charge on any atom is -0.497 e. The fourth-order valence-corrected chi connectivity index (χ4v) is 4.93. The molecular formula is C21H27N6O3S+. The Kier molecular flexibility index (Phi) is 6.47. The van der Waals surface area contributed by atoms with Crippen LogP contribution >= 0.6 is 11.3 Å². The van der Waals surface area contributed by atoms with Crippen molar-refractivity contribution in [3.63, 3.8) is 0 Å². The molecule has 1 amide bonds. The Bertz CT molecular complexity index is 1010. The van der Waals surface area contributed by atoms with E-state index in [0.29, 0.717) is 6.54 Å². The molecule has 0 aliphatic carbocycles. The summed E-state index contributed by atoms with van der Waals surface area (Å²) >= 11 is 1.67. The molecule has 1 saturated heterocycles. The van der Waals surface area contributed by atoms with Crippen LogP contribution in [0, 0.1) is 5.92 Å². The zero-order valence-corrected chi connectivity index (χ0v) is 18.5. The second-order valence-electron chi connectivity index (χ2n) is 7.65. The van der Waals surface area contributed by atoms with Gasteiger partial charge in [0.15, 0.2) is 6.04 Å². The van der Waals surface area contributed by atoms with Crippen LogP contribution in [0.25, 0.3) is 0 Å². The molecule has 3 aromatic rings. The standard InChI is InChI=1S/C21H26N6O3S/c1-29-15-5-6-17(18(12-15)30-2)19(26-9-7-14(8-10-26)20(22)28)21-23-24-25-27(21)13-16-4-3-11-31-16/h3-6,11-12,14,19H,7-10,13H2,1-2H3,(H2,22,28)/p+1/t19-/m0/s1. The topological polar surface area (TPSA) is 110 Å². The van der Waals surface area contributed by atoms with Gasteiger partial charge in [0.1, 0.15) is 11.5 Å². The van der Waals surface area contributed by atoms with Crippen molar-refractivity contribution in [2.75, 3.05) is 27.3 Å². The quantitative estimate of drug-likeness (QED) is 0.530. The minimum atomic E-state index is -0.222. The molecular weight excluding hydrogens is 416 g/mol. The van der Waals surface area contributed by atoms with Gasteiger partial charge in [0.2, 0.25) is 11.7 Å². The Morgan fingerprint density at radius 1 is 1.29 bits per heavy atom. The van der Waals surface area contributed by atoms with E-state index in [2.05, 4.69) is 21.6 Å². The molecule has 0 unspecified atom stereocenters. The molecule has 1 fully saturated rings. The van der Waals surface area contributed by atoms with Crippen molar-refractivity contribution >= 4 is 17.2 Å². The van der Waals surface area contributed by atoms with Crippen molar-refractivity contribution in [3.8, 4) is 11.5 Å². The van der Waals surface area contributed by atoms with Crippen molar-refractivity contribution in [2.24, 2.45) is 11.7 Å². The smallest absolute Gasteiger partial charge is 0.220 e. The molecule has 0 saturated carbocycles. The predicted molar refractivity (Wildman–Crippen MR) is 115 cm³/mol. The first-order valence-electron chi connectivity index (χ1n) is 10.2. The average molecular weight is 444 g/mol. The SMILES string of the molecule is COc1ccc([C@@H](c2nnnn2Cc2cccs2)[NH+]2CCC(C(N)=O)CC2)c(OC)c1. The fraction of sp³-hybridized carbons (Fsp3) is 0.429. The van der Waals surface area contributed by atoms with Gasteiger partial charge in [-0.3, -0.25) is 4.79 Å². The van der Waals surface area contributed by atoms with Gasteiger partial charge in [-0.05, 0) is 34.0 Å². The number of likely N-dealkylation sites (tertiary alicyclic amines) is 1. The maximum absolute atomic E-state index is 11.7.